The third-order valence-corrected chi connectivity index (χ3v) is 1.51. The summed E-state index contributed by atoms with van der Waals surface area (Å²) in [6, 6.07) is 0. The Hall–Kier alpha value is -0.790. The minimum Gasteiger partial charge on any atom is -0.359 e. The molecule has 0 aromatic carbocycles. The fraction of sp³-hybridized carbons (Fsp3) is 0.667. The van der Waals surface area contributed by atoms with Gasteiger partial charge in [0, 0.05) is 14.0 Å². The summed E-state index contributed by atoms with van der Waals surface area (Å²) in [5.41, 5.74) is 0. The van der Waals surface area contributed by atoms with E-state index in [0.29, 0.717) is 0 Å². The summed E-state index contributed by atoms with van der Waals surface area (Å²) in [6.45, 7) is 1.47. The lowest BCUT2D eigenvalue weighted by Gasteiger charge is -1.97. The smallest absolute Gasteiger partial charge is 0.216 e. The van der Waals surface area contributed by atoms with E-state index in [1.807, 2.05) is 0 Å². The molecular weight excluding hydrogens is 138 g/mol. The minimum absolute atomic E-state index is 0.00463. The Morgan fingerprint density at radius 2 is 1.64 bits per heavy atom. The molecule has 1 amide bonds. The molecule has 1 aliphatic rings. The lowest BCUT2D eigenvalue weighted by atomic mass is 10.1. The van der Waals surface area contributed by atoms with Crippen LogP contribution in [0.1, 0.15) is 32.6 Å². The van der Waals surface area contributed by atoms with E-state index in [1.165, 1.54) is 32.6 Å². The zero-order valence-corrected chi connectivity index (χ0v) is 7.39. The second-order valence-corrected chi connectivity index (χ2v) is 2.56. The molecule has 0 aromatic rings. The number of carbonyl (C=O) groups is 1. The number of hydrogen-bond donors (Lipinski definition) is 1. The van der Waals surface area contributed by atoms with Gasteiger partial charge in [0.2, 0.25) is 5.91 Å². The van der Waals surface area contributed by atoms with E-state index in [2.05, 4.69) is 17.5 Å². The number of carbonyl (C=O) groups excluding carboxylic acids is 1. The van der Waals surface area contributed by atoms with E-state index < -0.39 is 0 Å². The molecule has 0 bridgehead atoms. The van der Waals surface area contributed by atoms with Crippen molar-refractivity contribution in [2.24, 2.45) is 0 Å². The lowest BCUT2D eigenvalue weighted by Crippen LogP contribution is -2.11. The van der Waals surface area contributed by atoms with Gasteiger partial charge in [0.05, 0.1) is 0 Å². The van der Waals surface area contributed by atoms with E-state index in [-0.39, 0.29) is 5.91 Å². The first-order chi connectivity index (χ1) is 5.27. The second-order valence-electron chi connectivity index (χ2n) is 2.56. The third-order valence-electron chi connectivity index (χ3n) is 1.51. The van der Waals surface area contributed by atoms with Crippen molar-refractivity contribution in [3.8, 4) is 0 Å². The van der Waals surface area contributed by atoms with Crippen LogP contribution < -0.4 is 5.32 Å². The Balaban J connectivity index is 0.000000187. The van der Waals surface area contributed by atoms with Crippen molar-refractivity contribution in [2.75, 3.05) is 7.05 Å². The summed E-state index contributed by atoms with van der Waals surface area (Å²) >= 11 is 0. The van der Waals surface area contributed by atoms with E-state index in [0.717, 1.165) is 0 Å². The van der Waals surface area contributed by atoms with Gasteiger partial charge >= 0.3 is 0 Å². The molecule has 1 aliphatic carbocycles. The van der Waals surface area contributed by atoms with Gasteiger partial charge in [-0.2, -0.15) is 0 Å². The van der Waals surface area contributed by atoms with Gasteiger partial charge < -0.3 is 5.32 Å². The molecule has 0 aromatic heterocycles. The predicted molar refractivity (Wildman–Crippen MR) is 47.3 cm³/mol. The molecule has 0 saturated heterocycles. The Labute approximate surface area is 68.7 Å². The number of hydrogen-bond acceptors (Lipinski definition) is 1. The Morgan fingerprint density at radius 3 is 1.73 bits per heavy atom. The van der Waals surface area contributed by atoms with Crippen molar-refractivity contribution in [1.82, 2.24) is 5.32 Å². The van der Waals surface area contributed by atoms with Crippen LogP contribution in [0.2, 0.25) is 0 Å². The standard InChI is InChI=1S/C6H10.C3H7NO/c1-2-4-6-5-3-1;1-3(5)4-2/h1-2H,3-6H2;1-2H3,(H,4,5). The predicted octanol–water partition coefficient (Wildman–Crippen LogP) is 1.87. The molecule has 2 nitrogen and oxygen atoms in total. The molecule has 0 saturated carbocycles. The Morgan fingerprint density at radius 1 is 1.27 bits per heavy atom. The maximum atomic E-state index is 9.70. The SMILES string of the molecule is C1=CCCCC1.CNC(C)=O. The second kappa shape index (κ2) is 7.32. The Kier molecular flexibility index (Phi) is 6.79. The fourth-order valence-corrected chi connectivity index (χ4v) is 0.760. The van der Waals surface area contributed by atoms with Crippen molar-refractivity contribution in [2.45, 2.75) is 32.6 Å². The normalized spacial score (nSPS) is 14.7. The van der Waals surface area contributed by atoms with Crippen molar-refractivity contribution < 1.29 is 4.79 Å². The maximum absolute atomic E-state index is 9.70. The monoisotopic (exact) mass is 155 g/mol. The first-order valence-corrected chi connectivity index (χ1v) is 4.10. The van der Waals surface area contributed by atoms with Gasteiger partial charge in [-0.1, -0.05) is 12.2 Å². The largest absolute Gasteiger partial charge is 0.359 e. The van der Waals surface area contributed by atoms with Crippen LogP contribution in [0, 0.1) is 0 Å². The molecule has 11 heavy (non-hydrogen) atoms. The average Bonchev–Trinajstić information content (AvgIpc) is 2.09. The van der Waals surface area contributed by atoms with Gasteiger partial charge in [0.15, 0.2) is 0 Å². The molecule has 0 unspecified atom stereocenters. The Bertz CT molecular complexity index is 122. The molecule has 1 rings (SSSR count). The highest BCUT2D eigenvalue weighted by molar-refractivity contribution is 5.72. The van der Waals surface area contributed by atoms with Gasteiger partial charge in [-0.15, -0.1) is 0 Å². The average molecular weight is 155 g/mol. The third kappa shape index (κ3) is 9.21. The summed E-state index contributed by atoms with van der Waals surface area (Å²) in [4.78, 5) is 9.70. The first-order valence-electron chi connectivity index (χ1n) is 4.10. The van der Waals surface area contributed by atoms with Crippen LogP contribution in [0.3, 0.4) is 0 Å². The van der Waals surface area contributed by atoms with Crippen LogP contribution in [0.15, 0.2) is 12.2 Å². The van der Waals surface area contributed by atoms with Crippen LogP contribution in [0.5, 0.6) is 0 Å². The minimum atomic E-state index is 0.00463. The molecule has 0 heterocycles. The molecule has 0 fully saturated rings. The number of amides is 1. The topological polar surface area (TPSA) is 29.1 Å². The highest BCUT2D eigenvalue weighted by Gasteiger charge is 1.87. The van der Waals surface area contributed by atoms with Crippen LogP contribution in [-0.2, 0) is 4.79 Å². The molecular formula is C9H17NO. The number of rotatable bonds is 0. The van der Waals surface area contributed by atoms with Gasteiger partial charge in [-0.25, -0.2) is 0 Å². The van der Waals surface area contributed by atoms with Crippen molar-refractivity contribution in [3.63, 3.8) is 0 Å². The van der Waals surface area contributed by atoms with Crippen molar-refractivity contribution in [1.29, 1.82) is 0 Å². The molecule has 1 N–H and O–H groups in total. The summed E-state index contributed by atoms with van der Waals surface area (Å²) in [5.74, 6) is 0.00463. The molecule has 64 valence electrons. The lowest BCUT2D eigenvalue weighted by molar-refractivity contribution is -0.118. The molecule has 0 atom stereocenters. The van der Waals surface area contributed by atoms with E-state index in [1.54, 1.807) is 7.05 Å². The number of allylic oxidation sites excluding steroid dienone is 2. The summed E-state index contributed by atoms with van der Waals surface area (Å²) in [6.07, 6.45) is 10.0. The maximum Gasteiger partial charge on any atom is 0.216 e. The zero-order valence-electron chi connectivity index (χ0n) is 7.39. The molecule has 0 aliphatic heterocycles. The first kappa shape index (κ1) is 10.2. The molecule has 0 radical (unpaired) electrons. The van der Waals surface area contributed by atoms with E-state index in [9.17, 15) is 4.79 Å². The van der Waals surface area contributed by atoms with Crippen LogP contribution in [0.4, 0.5) is 0 Å². The quantitative estimate of drug-likeness (QED) is 0.532. The van der Waals surface area contributed by atoms with Crippen LogP contribution >= 0.6 is 0 Å². The van der Waals surface area contributed by atoms with Gasteiger partial charge in [-0.05, 0) is 25.7 Å². The van der Waals surface area contributed by atoms with Gasteiger partial charge in [0.1, 0.15) is 0 Å². The van der Waals surface area contributed by atoms with Crippen LogP contribution in [0.25, 0.3) is 0 Å². The van der Waals surface area contributed by atoms with E-state index in [4.69, 9.17) is 0 Å². The van der Waals surface area contributed by atoms with E-state index >= 15 is 0 Å². The molecule has 2 heteroatoms. The highest BCUT2D eigenvalue weighted by Crippen LogP contribution is 2.07. The zero-order chi connectivity index (χ0) is 8.53. The van der Waals surface area contributed by atoms with Gasteiger partial charge in [0.25, 0.3) is 0 Å². The summed E-state index contributed by atoms with van der Waals surface area (Å²) in [7, 11) is 1.60. The molecule has 0 spiro atoms. The fourth-order valence-electron chi connectivity index (χ4n) is 0.760. The van der Waals surface area contributed by atoms with Crippen molar-refractivity contribution in [3.05, 3.63) is 12.2 Å². The van der Waals surface area contributed by atoms with Crippen molar-refractivity contribution >= 4 is 5.91 Å². The summed E-state index contributed by atoms with van der Waals surface area (Å²) < 4.78 is 0. The number of nitrogens with one attached hydrogen (secondary N) is 1. The highest BCUT2D eigenvalue weighted by atomic mass is 16.1. The summed E-state index contributed by atoms with van der Waals surface area (Å²) in [5, 5.41) is 2.39. The van der Waals surface area contributed by atoms with Gasteiger partial charge in [-0.3, -0.25) is 4.79 Å². The van der Waals surface area contributed by atoms with Crippen LogP contribution in [-0.4, -0.2) is 13.0 Å².